The van der Waals surface area contributed by atoms with Gasteiger partial charge in [-0.05, 0) is 18.6 Å². The van der Waals surface area contributed by atoms with Gasteiger partial charge in [0.2, 0.25) is 5.75 Å². The van der Waals surface area contributed by atoms with Gasteiger partial charge in [0.15, 0.2) is 11.5 Å². The molecular weight excluding hydrogens is 350 g/mol. The van der Waals surface area contributed by atoms with Crippen LogP contribution in [0.1, 0.15) is 49.4 Å². The minimum absolute atomic E-state index is 0.153. The van der Waals surface area contributed by atoms with E-state index in [-0.39, 0.29) is 18.3 Å². The first kappa shape index (κ1) is 22.6. The minimum Gasteiger partial charge on any atom is -0.493 e. The molecule has 1 amide bonds. The number of amides is 1. The highest BCUT2D eigenvalue weighted by atomic mass is 16.5. The van der Waals surface area contributed by atoms with E-state index in [2.05, 4.69) is 6.92 Å². The summed E-state index contributed by atoms with van der Waals surface area (Å²) in [7, 11) is 5.86. The first-order valence-electron chi connectivity index (χ1n) is 9.18. The lowest BCUT2D eigenvalue weighted by molar-refractivity contribution is -0.140. The van der Waals surface area contributed by atoms with E-state index in [0.717, 1.165) is 25.7 Å². The van der Waals surface area contributed by atoms with Crippen molar-refractivity contribution in [2.45, 2.75) is 39.0 Å². The number of benzene rings is 1. The highest BCUT2D eigenvalue weighted by Crippen LogP contribution is 2.38. The fraction of sp³-hybridized carbons (Fsp3) is 0.600. The van der Waals surface area contributed by atoms with Crippen LogP contribution in [0.25, 0.3) is 0 Å². The van der Waals surface area contributed by atoms with Crippen molar-refractivity contribution in [2.75, 3.05) is 41.5 Å². The zero-order valence-corrected chi connectivity index (χ0v) is 17.0. The molecule has 0 unspecified atom stereocenters. The summed E-state index contributed by atoms with van der Waals surface area (Å²) in [5.41, 5.74) is 0.421. The van der Waals surface area contributed by atoms with Gasteiger partial charge >= 0.3 is 5.97 Å². The van der Waals surface area contributed by atoms with Crippen molar-refractivity contribution in [3.63, 3.8) is 0 Å². The predicted molar refractivity (Wildman–Crippen MR) is 103 cm³/mol. The van der Waals surface area contributed by atoms with Crippen molar-refractivity contribution in [3.8, 4) is 17.2 Å². The monoisotopic (exact) mass is 381 g/mol. The van der Waals surface area contributed by atoms with Crippen LogP contribution in [0.15, 0.2) is 12.1 Å². The summed E-state index contributed by atoms with van der Waals surface area (Å²) >= 11 is 0. The van der Waals surface area contributed by atoms with E-state index in [4.69, 9.17) is 18.9 Å². The highest BCUT2D eigenvalue weighted by Gasteiger charge is 2.21. The summed E-state index contributed by atoms with van der Waals surface area (Å²) in [5.74, 6) is 0.736. The molecule has 0 aliphatic carbocycles. The Balaban J connectivity index is 3.05. The molecule has 0 aromatic heterocycles. The number of methoxy groups -OCH3 is 4. The Morgan fingerprint density at radius 1 is 0.889 bits per heavy atom. The molecule has 7 nitrogen and oxygen atoms in total. The number of hydrogen-bond donors (Lipinski definition) is 0. The number of unbranched alkanes of at least 4 members (excludes halogenated alkanes) is 3. The van der Waals surface area contributed by atoms with Gasteiger partial charge in [-0.15, -0.1) is 0 Å². The van der Waals surface area contributed by atoms with E-state index in [1.165, 1.54) is 28.4 Å². The first-order valence-corrected chi connectivity index (χ1v) is 9.18. The molecule has 0 aliphatic rings. The van der Waals surface area contributed by atoms with Gasteiger partial charge in [-0.3, -0.25) is 9.59 Å². The number of rotatable bonds is 12. The number of ether oxygens (including phenoxy) is 4. The van der Waals surface area contributed by atoms with Gasteiger partial charge in [0.1, 0.15) is 0 Å². The number of nitrogens with zero attached hydrogens (tertiary/aromatic N) is 1. The average Bonchev–Trinajstić information content (AvgIpc) is 2.71. The second-order valence-corrected chi connectivity index (χ2v) is 6.09. The Kier molecular flexibility index (Phi) is 10.1. The van der Waals surface area contributed by atoms with Crippen molar-refractivity contribution in [1.29, 1.82) is 0 Å². The molecule has 0 aliphatic heterocycles. The molecule has 1 rings (SSSR count). The van der Waals surface area contributed by atoms with Crippen LogP contribution in [0.5, 0.6) is 17.2 Å². The first-order chi connectivity index (χ1) is 13.0. The van der Waals surface area contributed by atoms with Gasteiger partial charge in [0.05, 0.1) is 34.9 Å². The molecule has 0 spiro atoms. The summed E-state index contributed by atoms with van der Waals surface area (Å²) in [6, 6.07) is 3.25. The van der Waals surface area contributed by atoms with Gasteiger partial charge in [-0.1, -0.05) is 26.2 Å². The van der Waals surface area contributed by atoms with Gasteiger partial charge < -0.3 is 23.8 Å². The molecule has 0 fully saturated rings. The van der Waals surface area contributed by atoms with Crippen LogP contribution in [0.2, 0.25) is 0 Å². The standard InChI is InChI=1S/C20H31NO6/c1-6-7-8-9-11-21(12-10-18(22)26-4)20(23)15-13-16(24-2)19(27-5)17(14-15)25-3/h13-14H,6-12H2,1-5H3. The number of carbonyl (C=O) groups excluding carboxylic acids is 2. The fourth-order valence-electron chi connectivity index (χ4n) is 2.76. The largest absolute Gasteiger partial charge is 0.493 e. The predicted octanol–water partition coefficient (Wildman–Crippen LogP) is 3.30. The molecule has 0 atom stereocenters. The second-order valence-electron chi connectivity index (χ2n) is 6.09. The Hall–Kier alpha value is -2.44. The van der Waals surface area contributed by atoms with Crippen molar-refractivity contribution >= 4 is 11.9 Å². The summed E-state index contributed by atoms with van der Waals surface area (Å²) < 4.78 is 20.7. The normalized spacial score (nSPS) is 10.3. The van der Waals surface area contributed by atoms with Crippen molar-refractivity contribution in [1.82, 2.24) is 4.90 Å². The van der Waals surface area contributed by atoms with Gasteiger partial charge in [-0.25, -0.2) is 0 Å². The zero-order chi connectivity index (χ0) is 20.2. The minimum atomic E-state index is -0.341. The lowest BCUT2D eigenvalue weighted by Crippen LogP contribution is -2.34. The van der Waals surface area contributed by atoms with Crippen LogP contribution in [-0.4, -0.2) is 58.3 Å². The molecule has 0 heterocycles. The summed E-state index contributed by atoms with van der Waals surface area (Å²) in [4.78, 5) is 26.3. The van der Waals surface area contributed by atoms with E-state index < -0.39 is 0 Å². The van der Waals surface area contributed by atoms with Crippen LogP contribution < -0.4 is 14.2 Å². The lowest BCUT2D eigenvalue weighted by Gasteiger charge is -2.23. The highest BCUT2D eigenvalue weighted by molar-refractivity contribution is 5.95. The molecule has 1 aromatic carbocycles. The maximum Gasteiger partial charge on any atom is 0.307 e. The van der Waals surface area contributed by atoms with Crippen molar-refractivity contribution in [3.05, 3.63) is 17.7 Å². The number of carbonyl (C=O) groups is 2. The average molecular weight is 381 g/mol. The third-order valence-corrected chi connectivity index (χ3v) is 4.29. The Morgan fingerprint density at radius 2 is 1.52 bits per heavy atom. The van der Waals surface area contributed by atoms with E-state index in [0.29, 0.717) is 35.9 Å². The summed E-state index contributed by atoms with van der Waals surface area (Å²) in [5, 5.41) is 0. The molecule has 152 valence electrons. The molecule has 0 N–H and O–H groups in total. The Morgan fingerprint density at radius 3 is 2.00 bits per heavy atom. The molecule has 0 radical (unpaired) electrons. The molecule has 0 bridgehead atoms. The topological polar surface area (TPSA) is 74.3 Å². The lowest BCUT2D eigenvalue weighted by atomic mass is 10.1. The fourth-order valence-corrected chi connectivity index (χ4v) is 2.76. The maximum absolute atomic E-state index is 13.1. The maximum atomic E-state index is 13.1. The van der Waals surface area contributed by atoms with Gasteiger partial charge in [0, 0.05) is 18.7 Å². The third-order valence-electron chi connectivity index (χ3n) is 4.29. The van der Waals surface area contributed by atoms with E-state index in [9.17, 15) is 9.59 Å². The van der Waals surface area contributed by atoms with Gasteiger partial charge in [0.25, 0.3) is 5.91 Å². The third kappa shape index (κ3) is 6.66. The Labute approximate surface area is 161 Å². The van der Waals surface area contributed by atoms with Gasteiger partial charge in [-0.2, -0.15) is 0 Å². The molecule has 0 saturated carbocycles. The van der Waals surface area contributed by atoms with Crippen LogP contribution in [0.4, 0.5) is 0 Å². The van der Waals surface area contributed by atoms with E-state index in [1.54, 1.807) is 17.0 Å². The molecule has 27 heavy (non-hydrogen) atoms. The van der Waals surface area contributed by atoms with E-state index >= 15 is 0 Å². The molecule has 1 aromatic rings. The van der Waals surface area contributed by atoms with Crippen LogP contribution in [0, 0.1) is 0 Å². The van der Waals surface area contributed by atoms with Crippen LogP contribution in [-0.2, 0) is 9.53 Å². The van der Waals surface area contributed by atoms with Crippen LogP contribution in [0.3, 0.4) is 0 Å². The Bertz CT molecular complexity index is 591. The second kappa shape index (κ2) is 12.0. The summed E-state index contributed by atoms with van der Waals surface area (Å²) in [6.45, 7) is 3.01. The molecule has 0 saturated heterocycles. The zero-order valence-electron chi connectivity index (χ0n) is 17.0. The smallest absolute Gasteiger partial charge is 0.307 e. The quantitative estimate of drug-likeness (QED) is 0.409. The molecular formula is C20H31NO6. The van der Waals surface area contributed by atoms with E-state index in [1.807, 2.05) is 0 Å². The molecule has 7 heteroatoms. The SMILES string of the molecule is CCCCCCN(CCC(=O)OC)C(=O)c1cc(OC)c(OC)c(OC)c1. The number of esters is 1. The van der Waals surface area contributed by atoms with Crippen molar-refractivity contribution < 1.29 is 28.5 Å². The number of hydrogen-bond acceptors (Lipinski definition) is 6. The van der Waals surface area contributed by atoms with Crippen molar-refractivity contribution in [2.24, 2.45) is 0 Å². The summed E-state index contributed by atoms with van der Waals surface area (Å²) in [6.07, 6.45) is 4.30. The van der Waals surface area contributed by atoms with Crippen LogP contribution >= 0.6 is 0 Å².